The molecule has 0 bridgehead atoms. The molecule has 0 aromatic heterocycles. The third-order valence-corrected chi connectivity index (χ3v) is 9.95. The Balaban J connectivity index is 2.48. The van der Waals surface area contributed by atoms with E-state index in [-0.39, 0.29) is 11.6 Å². The average Bonchev–Trinajstić information content (AvgIpc) is 2.38. The molecule has 0 aliphatic carbocycles. The number of aliphatic hydroxyl groups excluding tert-OH is 1. The summed E-state index contributed by atoms with van der Waals surface area (Å²) in [7, 11) is -1.69. The van der Waals surface area contributed by atoms with Crippen molar-refractivity contribution in [1.82, 2.24) is 4.90 Å². The van der Waals surface area contributed by atoms with Crippen LogP contribution in [0.25, 0.3) is 0 Å². The molecule has 1 unspecified atom stereocenters. The summed E-state index contributed by atoms with van der Waals surface area (Å²) < 4.78 is 6.32. The minimum Gasteiger partial charge on any atom is -0.416 e. The van der Waals surface area contributed by atoms with Gasteiger partial charge in [0.2, 0.25) is 0 Å². The van der Waals surface area contributed by atoms with Gasteiger partial charge in [0.05, 0.1) is 0 Å². The van der Waals surface area contributed by atoms with Gasteiger partial charge in [0.15, 0.2) is 8.32 Å². The van der Waals surface area contributed by atoms with Crippen molar-refractivity contribution in [2.24, 2.45) is 11.8 Å². The third kappa shape index (κ3) is 4.83. The van der Waals surface area contributed by atoms with Crippen molar-refractivity contribution in [1.29, 1.82) is 0 Å². The lowest BCUT2D eigenvalue weighted by Crippen LogP contribution is -2.44. The Hall–Kier alpha value is 0.0969. The minimum atomic E-state index is -1.69. The first-order valence-electron chi connectivity index (χ1n) is 8.18. The van der Waals surface area contributed by atoms with Gasteiger partial charge in [0.25, 0.3) is 0 Å². The van der Waals surface area contributed by atoms with Crippen molar-refractivity contribution in [3.05, 3.63) is 0 Å². The Bertz CT molecular complexity index is 281. The molecule has 0 radical (unpaired) electrons. The van der Waals surface area contributed by atoms with E-state index in [9.17, 15) is 5.11 Å². The standard InChI is InChI=1S/C16H35NO2Si/c1-7-17-10-8-14(9-11-17)15(12-18)13-19-20(5,6)16(2,3)4/h14-15,18H,7-13H2,1-6H3. The van der Waals surface area contributed by atoms with Gasteiger partial charge >= 0.3 is 0 Å². The van der Waals surface area contributed by atoms with Crippen molar-refractivity contribution in [3.63, 3.8) is 0 Å². The number of aliphatic hydroxyl groups is 1. The van der Waals surface area contributed by atoms with Gasteiger partial charge < -0.3 is 14.4 Å². The van der Waals surface area contributed by atoms with Gasteiger partial charge in [-0.3, -0.25) is 0 Å². The van der Waals surface area contributed by atoms with Crippen molar-refractivity contribution in [2.45, 2.75) is 58.7 Å². The third-order valence-electron chi connectivity index (χ3n) is 5.45. The van der Waals surface area contributed by atoms with E-state index in [0.29, 0.717) is 11.8 Å². The Morgan fingerprint density at radius 3 is 2.20 bits per heavy atom. The van der Waals surface area contributed by atoms with E-state index in [2.05, 4.69) is 45.7 Å². The highest BCUT2D eigenvalue weighted by atomic mass is 28.4. The normalized spacial score (nSPS) is 21.1. The second-order valence-electron chi connectivity index (χ2n) is 7.79. The van der Waals surface area contributed by atoms with Crippen LogP contribution >= 0.6 is 0 Å². The van der Waals surface area contributed by atoms with Crippen molar-refractivity contribution in [2.75, 3.05) is 32.8 Å². The van der Waals surface area contributed by atoms with Crippen molar-refractivity contribution < 1.29 is 9.53 Å². The summed E-state index contributed by atoms with van der Waals surface area (Å²) in [6, 6.07) is 0. The molecule has 0 saturated carbocycles. The lowest BCUT2D eigenvalue weighted by Gasteiger charge is -2.39. The zero-order valence-corrected chi connectivity index (χ0v) is 15.4. The van der Waals surface area contributed by atoms with Crippen LogP contribution in [0.5, 0.6) is 0 Å². The van der Waals surface area contributed by atoms with E-state index >= 15 is 0 Å². The van der Waals surface area contributed by atoms with E-state index in [1.54, 1.807) is 0 Å². The molecule has 1 N–H and O–H groups in total. The second kappa shape index (κ2) is 7.39. The van der Waals surface area contributed by atoms with Crippen LogP contribution in [0.2, 0.25) is 18.1 Å². The van der Waals surface area contributed by atoms with Crippen LogP contribution in [-0.2, 0) is 4.43 Å². The monoisotopic (exact) mass is 301 g/mol. The van der Waals surface area contributed by atoms with E-state index < -0.39 is 8.32 Å². The largest absolute Gasteiger partial charge is 0.416 e. The molecular formula is C16H35NO2Si. The highest BCUT2D eigenvalue weighted by Gasteiger charge is 2.38. The zero-order valence-electron chi connectivity index (χ0n) is 14.4. The first-order valence-corrected chi connectivity index (χ1v) is 11.1. The summed E-state index contributed by atoms with van der Waals surface area (Å²) in [5.74, 6) is 0.954. The van der Waals surface area contributed by atoms with Gasteiger partial charge in [0.1, 0.15) is 0 Å². The number of rotatable bonds is 6. The van der Waals surface area contributed by atoms with Gasteiger partial charge in [-0.2, -0.15) is 0 Å². The van der Waals surface area contributed by atoms with Crippen molar-refractivity contribution >= 4 is 8.32 Å². The molecule has 0 aromatic carbocycles. The number of hydrogen-bond acceptors (Lipinski definition) is 3. The highest BCUT2D eigenvalue weighted by molar-refractivity contribution is 6.74. The Morgan fingerprint density at radius 1 is 1.25 bits per heavy atom. The van der Waals surface area contributed by atoms with Gasteiger partial charge in [-0.25, -0.2) is 0 Å². The molecule has 1 aliphatic heterocycles. The summed E-state index contributed by atoms with van der Waals surface area (Å²) >= 11 is 0. The lowest BCUT2D eigenvalue weighted by atomic mass is 9.85. The lowest BCUT2D eigenvalue weighted by molar-refractivity contribution is 0.0713. The second-order valence-corrected chi connectivity index (χ2v) is 12.6. The van der Waals surface area contributed by atoms with E-state index in [1.165, 1.54) is 25.9 Å². The van der Waals surface area contributed by atoms with Crippen LogP contribution in [0.4, 0.5) is 0 Å². The quantitative estimate of drug-likeness (QED) is 0.764. The molecule has 3 nitrogen and oxygen atoms in total. The smallest absolute Gasteiger partial charge is 0.191 e. The Morgan fingerprint density at radius 2 is 1.80 bits per heavy atom. The topological polar surface area (TPSA) is 32.7 Å². The van der Waals surface area contributed by atoms with Crippen LogP contribution in [0.1, 0.15) is 40.5 Å². The first-order chi connectivity index (χ1) is 9.21. The van der Waals surface area contributed by atoms with Gasteiger partial charge in [-0.1, -0.05) is 27.7 Å². The molecule has 4 heteroatoms. The fourth-order valence-electron chi connectivity index (χ4n) is 2.61. The van der Waals surface area contributed by atoms with Gasteiger partial charge in [0, 0.05) is 19.1 Å². The summed E-state index contributed by atoms with van der Waals surface area (Å²) in [5, 5.41) is 9.97. The average molecular weight is 302 g/mol. The van der Waals surface area contributed by atoms with Gasteiger partial charge in [-0.15, -0.1) is 0 Å². The molecule has 1 heterocycles. The Labute approximate surface area is 126 Å². The summed E-state index contributed by atoms with van der Waals surface area (Å²) in [6.45, 7) is 18.1. The van der Waals surface area contributed by atoms with E-state index in [1.807, 2.05) is 0 Å². The first kappa shape index (κ1) is 18.1. The summed E-state index contributed by atoms with van der Waals surface area (Å²) in [4.78, 5) is 2.50. The predicted octanol–water partition coefficient (Wildman–Crippen LogP) is 3.35. The maximum absolute atomic E-state index is 9.72. The highest BCUT2D eigenvalue weighted by Crippen LogP contribution is 2.37. The van der Waals surface area contributed by atoms with Crippen LogP contribution < -0.4 is 0 Å². The van der Waals surface area contributed by atoms with E-state index in [0.717, 1.165) is 13.2 Å². The molecule has 0 amide bonds. The number of nitrogens with zero attached hydrogens (tertiary/aromatic N) is 1. The van der Waals surface area contributed by atoms with Crippen LogP contribution in [-0.4, -0.2) is 51.2 Å². The molecule has 0 aromatic rings. The van der Waals surface area contributed by atoms with E-state index in [4.69, 9.17) is 4.43 Å². The fraction of sp³-hybridized carbons (Fsp3) is 1.00. The SMILES string of the molecule is CCN1CCC(C(CO)CO[Si](C)(C)C(C)(C)C)CC1. The fourth-order valence-corrected chi connectivity index (χ4v) is 3.67. The molecule has 0 spiro atoms. The molecule has 1 atom stereocenters. The molecule has 1 saturated heterocycles. The number of likely N-dealkylation sites (tertiary alicyclic amines) is 1. The molecule has 120 valence electrons. The van der Waals surface area contributed by atoms with Crippen LogP contribution in [0.3, 0.4) is 0 Å². The predicted molar refractivity (Wildman–Crippen MR) is 88.6 cm³/mol. The van der Waals surface area contributed by atoms with Crippen LogP contribution in [0.15, 0.2) is 0 Å². The maximum Gasteiger partial charge on any atom is 0.191 e. The van der Waals surface area contributed by atoms with Gasteiger partial charge in [-0.05, 0) is 56.5 Å². The summed E-state index contributed by atoms with van der Waals surface area (Å²) in [5.41, 5.74) is 0. The number of hydrogen-bond donors (Lipinski definition) is 1. The molecule has 1 aliphatic rings. The summed E-state index contributed by atoms with van der Waals surface area (Å²) in [6.07, 6.45) is 2.42. The zero-order chi connectivity index (χ0) is 15.4. The molecule has 1 fully saturated rings. The molecule has 1 rings (SSSR count). The molecule has 20 heavy (non-hydrogen) atoms. The minimum absolute atomic E-state index is 0.249. The number of piperidine rings is 1. The Kier molecular flexibility index (Phi) is 6.70. The maximum atomic E-state index is 9.72. The molecular weight excluding hydrogens is 266 g/mol. The van der Waals surface area contributed by atoms with Crippen LogP contribution in [0, 0.1) is 11.8 Å². The van der Waals surface area contributed by atoms with Crippen molar-refractivity contribution in [3.8, 4) is 0 Å².